The van der Waals surface area contributed by atoms with Gasteiger partial charge in [-0.3, -0.25) is 4.79 Å². The van der Waals surface area contributed by atoms with Gasteiger partial charge in [-0.25, -0.2) is 4.98 Å². The number of thiophene rings is 1. The average Bonchev–Trinajstić information content (AvgIpc) is 2.92. The first-order valence-electron chi connectivity index (χ1n) is 7.49. The summed E-state index contributed by atoms with van der Waals surface area (Å²) in [5.74, 6) is 6.28. The lowest BCUT2D eigenvalue weighted by Crippen LogP contribution is -2.30. The van der Waals surface area contributed by atoms with Crippen LogP contribution in [0.15, 0.2) is 29.1 Å². The number of fused-ring (bicyclic) bond motifs is 3. The molecule has 3 N–H and O–H groups in total. The number of anilines is 2. The van der Waals surface area contributed by atoms with Gasteiger partial charge in [0.25, 0.3) is 5.56 Å². The van der Waals surface area contributed by atoms with Gasteiger partial charge in [0.15, 0.2) is 0 Å². The van der Waals surface area contributed by atoms with Crippen LogP contribution in [-0.4, -0.2) is 9.66 Å². The summed E-state index contributed by atoms with van der Waals surface area (Å²) in [5, 5.41) is 4.28. The molecule has 0 aliphatic heterocycles. The van der Waals surface area contributed by atoms with Crippen LogP contribution >= 0.6 is 22.9 Å². The van der Waals surface area contributed by atoms with Crippen molar-refractivity contribution in [1.29, 1.82) is 0 Å². The molecule has 3 aromatic rings. The van der Waals surface area contributed by atoms with Gasteiger partial charge in [0.2, 0.25) is 5.95 Å². The molecule has 4 rings (SSSR count). The van der Waals surface area contributed by atoms with Gasteiger partial charge in [-0.05, 0) is 43.4 Å². The minimum atomic E-state index is -0.205. The summed E-state index contributed by atoms with van der Waals surface area (Å²) in [6, 6.07) is 7.28. The highest BCUT2D eigenvalue weighted by molar-refractivity contribution is 7.18. The van der Waals surface area contributed by atoms with Crippen LogP contribution in [0.2, 0.25) is 5.02 Å². The van der Waals surface area contributed by atoms with E-state index < -0.39 is 0 Å². The molecule has 0 unspecified atom stereocenters. The van der Waals surface area contributed by atoms with E-state index in [0.29, 0.717) is 22.0 Å². The summed E-state index contributed by atoms with van der Waals surface area (Å²) in [5.41, 5.74) is 1.60. The fraction of sp³-hybridized carbons (Fsp3) is 0.250. The Labute approximate surface area is 141 Å². The maximum absolute atomic E-state index is 12.7. The first-order chi connectivity index (χ1) is 11.1. The van der Waals surface area contributed by atoms with Crippen molar-refractivity contribution in [1.82, 2.24) is 9.66 Å². The highest BCUT2D eigenvalue weighted by atomic mass is 35.5. The topological polar surface area (TPSA) is 72.9 Å². The molecular weight excluding hydrogens is 332 g/mol. The molecule has 0 atom stereocenters. The van der Waals surface area contributed by atoms with E-state index in [1.165, 1.54) is 11.3 Å². The quantitative estimate of drug-likeness (QED) is 0.697. The van der Waals surface area contributed by atoms with Gasteiger partial charge in [0.1, 0.15) is 4.83 Å². The minimum Gasteiger partial charge on any atom is -0.333 e. The number of nitrogen functional groups attached to an aromatic ring is 1. The third kappa shape index (κ3) is 2.38. The van der Waals surface area contributed by atoms with E-state index in [2.05, 4.69) is 10.3 Å². The van der Waals surface area contributed by atoms with Gasteiger partial charge >= 0.3 is 0 Å². The van der Waals surface area contributed by atoms with Crippen molar-refractivity contribution in [3.8, 4) is 0 Å². The van der Waals surface area contributed by atoms with Crippen molar-refractivity contribution in [2.75, 3.05) is 11.2 Å². The van der Waals surface area contributed by atoms with Crippen molar-refractivity contribution >= 4 is 44.8 Å². The summed E-state index contributed by atoms with van der Waals surface area (Å²) in [6.45, 7) is 0. The van der Waals surface area contributed by atoms with E-state index in [1.54, 1.807) is 17.4 Å². The van der Waals surface area contributed by atoms with Crippen LogP contribution in [0.4, 0.5) is 11.6 Å². The molecular formula is C16H15ClN4OS. The number of aromatic nitrogens is 2. The van der Waals surface area contributed by atoms with Gasteiger partial charge in [-0.15, -0.1) is 11.3 Å². The van der Waals surface area contributed by atoms with Gasteiger partial charge in [0.05, 0.1) is 16.1 Å². The van der Waals surface area contributed by atoms with Crippen LogP contribution in [0.1, 0.15) is 23.3 Å². The maximum Gasteiger partial charge on any atom is 0.282 e. The van der Waals surface area contributed by atoms with Crippen molar-refractivity contribution in [2.24, 2.45) is 0 Å². The molecule has 1 aliphatic carbocycles. The van der Waals surface area contributed by atoms with Gasteiger partial charge in [-0.1, -0.05) is 23.7 Å². The number of para-hydroxylation sites is 1. The molecule has 1 aromatic carbocycles. The highest BCUT2D eigenvalue weighted by Gasteiger charge is 2.21. The second-order valence-corrected chi connectivity index (χ2v) is 7.10. The maximum atomic E-state index is 12.7. The second-order valence-electron chi connectivity index (χ2n) is 5.61. The Hall–Kier alpha value is -2.05. The second kappa shape index (κ2) is 5.54. The molecule has 7 heteroatoms. The molecule has 1 aliphatic rings. The predicted molar refractivity (Wildman–Crippen MR) is 95.4 cm³/mol. The van der Waals surface area contributed by atoms with Gasteiger partial charge in [-0.2, -0.15) is 4.68 Å². The van der Waals surface area contributed by atoms with E-state index in [4.69, 9.17) is 17.4 Å². The van der Waals surface area contributed by atoms with Crippen LogP contribution in [0, 0.1) is 0 Å². The molecule has 118 valence electrons. The van der Waals surface area contributed by atoms with Crippen LogP contribution in [-0.2, 0) is 12.8 Å². The lowest BCUT2D eigenvalue weighted by atomic mass is 9.97. The Bertz CT molecular complexity index is 963. The zero-order valence-corrected chi connectivity index (χ0v) is 13.9. The minimum absolute atomic E-state index is 0.205. The van der Waals surface area contributed by atoms with Crippen LogP contribution in [0.5, 0.6) is 0 Å². The first-order valence-corrected chi connectivity index (χ1v) is 8.68. The SMILES string of the molecule is Nn1c(Nc2ccccc2Cl)nc2sc3c(c2c1=O)CCCC3. The smallest absolute Gasteiger partial charge is 0.282 e. The number of hydrogen-bond donors (Lipinski definition) is 2. The van der Waals surface area contributed by atoms with Crippen molar-refractivity contribution in [2.45, 2.75) is 25.7 Å². The standard InChI is InChI=1S/C16H15ClN4OS/c17-10-6-2-3-7-11(10)19-16-20-14-13(15(22)21(16)18)9-5-1-4-8-12(9)23-14/h2-3,6-7H,1,4-5,8,18H2,(H,19,20). The van der Waals surface area contributed by atoms with E-state index in [9.17, 15) is 4.79 Å². The fourth-order valence-corrected chi connectivity index (χ4v) is 4.42. The van der Waals surface area contributed by atoms with Crippen LogP contribution in [0.3, 0.4) is 0 Å². The Morgan fingerprint density at radius 2 is 2.04 bits per heavy atom. The monoisotopic (exact) mass is 346 g/mol. The van der Waals surface area contributed by atoms with E-state index in [0.717, 1.165) is 34.3 Å². The summed E-state index contributed by atoms with van der Waals surface area (Å²) in [7, 11) is 0. The third-order valence-corrected chi connectivity index (χ3v) is 5.66. The number of nitrogens with two attached hydrogens (primary N) is 1. The Balaban J connectivity index is 1.87. The molecule has 0 spiro atoms. The zero-order chi connectivity index (χ0) is 16.0. The number of nitrogens with zero attached hydrogens (tertiary/aromatic N) is 2. The lowest BCUT2D eigenvalue weighted by molar-refractivity contribution is 0.699. The van der Waals surface area contributed by atoms with E-state index >= 15 is 0 Å². The number of aryl methyl sites for hydroxylation is 2. The first kappa shape index (κ1) is 14.5. The summed E-state index contributed by atoms with van der Waals surface area (Å²) >= 11 is 7.75. The number of hydrogen-bond acceptors (Lipinski definition) is 5. The van der Waals surface area contributed by atoms with Crippen molar-refractivity contribution < 1.29 is 0 Å². The predicted octanol–water partition coefficient (Wildman–Crippen LogP) is 3.45. The summed E-state index contributed by atoms with van der Waals surface area (Å²) in [4.78, 5) is 19.3. The fourth-order valence-electron chi connectivity index (χ4n) is 2.99. The van der Waals surface area contributed by atoms with Crippen LogP contribution in [0.25, 0.3) is 10.2 Å². The normalized spacial score (nSPS) is 14.0. The van der Waals surface area contributed by atoms with Gasteiger partial charge < -0.3 is 11.2 Å². The Morgan fingerprint density at radius 3 is 2.87 bits per heavy atom. The highest BCUT2D eigenvalue weighted by Crippen LogP contribution is 2.34. The molecule has 0 saturated carbocycles. The van der Waals surface area contributed by atoms with Gasteiger partial charge in [0, 0.05) is 4.88 Å². The molecule has 0 radical (unpaired) electrons. The number of benzene rings is 1. The number of nitrogens with one attached hydrogen (secondary N) is 1. The Kier molecular flexibility index (Phi) is 3.50. The molecule has 0 amide bonds. The summed E-state index contributed by atoms with van der Waals surface area (Å²) < 4.78 is 1.08. The molecule has 0 fully saturated rings. The lowest BCUT2D eigenvalue weighted by Gasteiger charge is -2.12. The van der Waals surface area contributed by atoms with E-state index in [1.807, 2.05) is 18.2 Å². The molecule has 0 bridgehead atoms. The van der Waals surface area contributed by atoms with Crippen LogP contribution < -0.4 is 16.7 Å². The molecule has 2 aromatic heterocycles. The average molecular weight is 347 g/mol. The third-order valence-electron chi connectivity index (χ3n) is 4.14. The van der Waals surface area contributed by atoms with E-state index in [-0.39, 0.29) is 5.56 Å². The number of rotatable bonds is 2. The zero-order valence-electron chi connectivity index (χ0n) is 12.3. The molecule has 2 heterocycles. The Morgan fingerprint density at radius 1 is 1.26 bits per heavy atom. The molecule has 0 saturated heterocycles. The van der Waals surface area contributed by atoms with Crippen molar-refractivity contribution in [3.05, 3.63) is 50.1 Å². The van der Waals surface area contributed by atoms with Crippen molar-refractivity contribution in [3.63, 3.8) is 0 Å². The summed E-state index contributed by atoms with van der Waals surface area (Å²) in [6.07, 6.45) is 4.24. The molecule has 23 heavy (non-hydrogen) atoms. The number of halogens is 1. The molecule has 5 nitrogen and oxygen atoms in total. The largest absolute Gasteiger partial charge is 0.333 e.